The van der Waals surface area contributed by atoms with Gasteiger partial charge in [0.05, 0.1) is 37.4 Å². The lowest BCUT2D eigenvalue weighted by atomic mass is 9.89. The van der Waals surface area contributed by atoms with E-state index in [1.54, 1.807) is 19.4 Å². The second kappa shape index (κ2) is 7.74. The van der Waals surface area contributed by atoms with Crippen molar-refractivity contribution >= 4 is 11.5 Å². The van der Waals surface area contributed by atoms with Gasteiger partial charge in [0.2, 0.25) is 0 Å². The molecule has 0 aliphatic carbocycles. The standard InChI is InChI=1S/C25H27F2N7O/c1-24(2)8-18-15(9-30-34(18)14-24)16-12-33-19(10-29-23(33)7-20(16)35-3)17-5-4-6-22(31-17)32-21-11-28-13-25(21,26)27/h4-7,9-10,12,21,28H,8,11,13-14H2,1-3H3,(H,31,32). The van der Waals surface area contributed by atoms with Crippen LogP contribution in [0.4, 0.5) is 14.6 Å². The molecule has 0 saturated carbocycles. The monoisotopic (exact) mass is 479 g/mol. The largest absolute Gasteiger partial charge is 0.496 e. The molecule has 0 radical (unpaired) electrons. The number of halogens is 2. The summed E-state index contributed by atoms with van der Waals surface area (Å²) in [6.07, 6.45) is 6.55. The Balaban J connectivity index is 1.41. The highest BCUT2D eigenvalue weighted by Gasteiger charge is 2.44. The van der Waals surface area contributed by atoms with Gasteiger partial charge >= 0.3 is 0 Å². The average Bonchev–Trinajstić information content (AvgIpc) is 3.55. The predicted molar refractivity (Wildman–Crippen MR) is 129 cm³/mol. The lowest BCUT2D eigenvalue weighted by Gasteiger charge is -2.20. The van der Waals surface area contributed by atoms with Crippen LogP contribution in [0, 0.1) is 5.41 Å². The molecule has 1 saturated heterocycles. The molecule has 0 amide bonds. The van der Waals surface area contributed by atoms with Gasteiger partial charge in [0.15, 0.2) is 0 Å². The maximum absolute atomic E-state index is 14.1. The molecule has 182 valence electrons. The molecule has 8 nitrogen and oxygen atoms in total. The van der Waals surface area contributed by atoms with Gasteiger partial charge in [-0.2, -0.15) is 5.10 Å². The Hall–Kier alpha value is -3.53. The van der Waals surface area contributed by atoms with E-state index in [4.69, 9.17) is 4.74 Å². The summed E-state index contributed by atoms with van der Waals surface area (Å²) in [7, 11) is 1.65. The van der Waals surface area contributed by atoms with Gasteiger partial charge in [-0.3, -0.25) is 9.08 Å². The summed E-state index contributed by atoms with van der Waals surface area (Å²) in [4.78, 5) is 9.17. The van der Waals surface area contributed by atoms with Crippen LogP contribution in [0.2, 0.25) is 0 Å². The molecule has 0 aromatic carbocycles. The van der Waals surface area contributed by atoms with Gasteiger partial charge in [0.25, 0.3) is 5.92 Å². The molecule has 6 rings (SSSR count). The number of aromatic nitrogens is 5. The van der Waals surface area contributed by atoms with Crippen LogP contribution in [0.25, 0.3) is 28.2 Å². The summed E-state index contributed by atoms with van der Waals surface area (Å²) in [5.74, 6) is -1.71. The normalized spacial score (nSPS) is 20.3. The van der Waals surface area contributed by atoms with Crippen molar-refractivity contribution in [2.24, 2.45) is 5.41 Å². The number of alkyl halides is 2. The molecule has 0 spiro atoms. The highest BCUT2D eigenvalue weighted by Crippen LogP contribution is 2.40. The minimum Gasteiger partial charge on any atom is -0.496 e. The van der Waals surface area contributed by atoms with Crippen LogP contribution in [0.15, 0.2) is 42.9 Å². The van der Waals surface area contributed by atoms with Crippen molar-refractivity contribution in [3.05, 3.63) is 48.5 Å². The number of imidazole rings is 1. The molecule has 2 N–H and O–H groups in total. The van der Waals surface area contributed by atoms with E-state index >= 15 is 0 Å². The number of hydrogen-bond donors (Lipinski definition) is 2. The Morgan fingerprint density at radius 3 is 2.83 bits per heavy atom. The summed E-state index contributed by atoms with van der Waals surface area (Å²) in [6.45, 7) is 5.21. The fourth-order valence-corrected chi connectivity index (χ4v) is 5.09. The average molecular weight is 480 g/mol. The Morgan fingerprint density at radius 2 is 2.06 bits per heavy atom. The van der Waals surface area contributed by atoms with Gasteiger partial charge < -0.3 is 15.4 Å². The van der Waals surface area contributed by atoms with Crippen molar-refractivity contribution in [3.63, 3.8) is 0 Å². The second-order valence-corrected chi connectivity index (χ2v) is 10.1. The molecule has 1 fully saturated rings. The Bertz CT molecular complexity index is 1420. The van der Waals surface area contributed by atoms with Crippen LogP contribution in [0.1, 0.15) is 19.5 Å². The quantitative estimate of drug-likeness (QED) is 0.452. The first-order valence-electron chi connectivity index (χ1n) is 11.7. The minimum absolute atomic E-state index is 0.152. The van der Waals surface area contributed by atoms with Crippen molar-refractivity contribution in [2.75, 3.05) is 25.5 Å². The third-order valence-electron chi connectivity index (χ3n) is 6.84. The van der Waals surface area contributed by atoms with E-state index in [-0.39, 0.29) is 18.5 Å². The van der Waals surface area contributed by atoms with Gasteiger partial charge in [-0.1, -0.05) is 19.9 Å². The molecule has 6 heterocycles. The van der Waals surface area contributed by atoms with Gasteiger partial charge in [-0.05, 0) is 24.0 Å². The summed E-state index contributed by atoms with van der Waals surface area (Å²) < 4.78 is 37.9. The zero-order valence-corrected chi connectivity index (χ0v) is 19.8. The van der Waals surface area contributed by atoms with Gasteiger partial charge in [0, 0.05) is 42.2 Å². The zero-order valence-electron chi connectivity index (χ0n) is 19.8. The molecule has 2 aliphatic heterocycles. The number of fused-ring (bicyclic) bond motifs is 2. The van der Waals surface area contributed by atoms with Crippen molar-refractivity contribution in [1.29, 1.82) is 0 Å². The molecule has 0 bridgehead atoms. The molecule has 35 heavy (non-hydrogen) atoms. The SMILES string of the molecule is COc1cc2ncc(-c3cccc(NC4CNCC4(F)F)n3)n2cc1-c1cnn2c1CC(C)(C)C2. The van der Waals surface area contributed by atoms with E-state index in [0.717, 1.165) is 35.5 Å². The van der Waals surface area contributed by atoms with Gasteiger partial charge in [-0.25, -0.2) is 18.7 Å². The number of rotatable bonds is 5. The van der Waals surface area contributed by atoms with Gasteiger partial charge in [0.1, 0.15) is 23.3 Å². The third kappa shape index (κ3) is 3.72. The number of nitrogens with zero attached hydrogens (tertiary/aromatic N) is 5. The van der Waals surface area contributed by atoms with Crippen LogP contribution < -0.4 is 15.4 Å². The number of ether oxygens (including phenoxy) is 1. The fraction of sp³-hybridized carbons (Fsp3) is 0.400. The summed E-state index contributed by atoms with van der Waals surface area (Å²) in [5.41, 5.74) is 5.39. The Morgan fingerprint density at radius 1 is 1.20 bits per heavy atom. The lowest BCUT2D eigenvalue weighted by Crippen LogP contribution is -2.38. The summed E-state index contributed by atoms with van der Waals surface area (Å²) in [6, 6.07) is 6.26. The predicted octanol–water partition coefficient (Wildman–Crippen LogP) is 3.87. The lowest BCUT2D eigenvalue weighted by molar-refractivity contribution is 0.0138. The van der Waals surface area contributed by atoms with Crippen LogP contribution >= 0.6 is 0 Å². The van der Waals surface area contributed by atoms with Crippen LogP contribution in [-0.2, 0) is 13.0 Å². The fourth-order valence-electron chi connectivity index (χ4n) is 5.09. The number of anilines is 1. The Labute approximate surface area is 201 Å². The third-order valence-corrected chi connectivity index (χ3v) is 6.84. The summed E-state index contributed by atoms with van der Waals surface area (Å²) in [5, 5.41) is 10.2. The summed E-state index contributed by atoms with van der Waals surface area (Å²) >= 11 is 0. The highest BCUT2D eigenvalue weighted by molar-refractivity contribution is 5.76. The van der Waals surface area contributed by atoms with E-state index in [1.807, 2.05) is 35.0 Å². The van der Waals surface area contributed by atoms with E-state index < -0.39 is 12.0 Å². The first kappa shape index (κ1) is 22.0. The van der Waals surface area contributed by atoms with Crippen LogP contribution in [0.5, 0.6) is 5.75 Å². The van der Waals surface area contributed by atoms with Crippen LogP contribution in [0.3, 0.4) is 0 Å². The van der Waals surface area contributed by atoms with Crippen LogP contribution in [-0.4, -0.2) is 56.3 Å². The van der Waals surface area contributed by atoms with Crippen molar-refractivity contribution < 1.29 is 13.5 Å². The van der Waals surface area contributed by atoms with Crippen molar-refractivity contribution in [1.82, 2.24) is 29.5 Å². The van der Waals surface area contributed by atoms with E-state index in [1.165, 1.54) is 5.69 Å². The molecular weight excluding hydrogens is 452 g/mol. The number of pyridine rings is 2. The maximum atomic E-state index is 14.1. The number of nitrogens with one attached hydrogen (secondary N) is 2. The molecule has 4 aromatic rings. The van der Waals surface area contributed by atoms with Gasteiger partial charge in [-0.15, -0.1) is 0 Å². The maximum Gasteiger partial charge on any atom is 0.281 e. The van der Waals surface area contributed by atoms with Crippen molar-refractivity contribution in [2.45, 2.75) is 38.8 Å². The molecule has 2 aliphatic rings. The highest BCUT2D eigenvalue weighted by atomic mass is 19.3. The first-order chi connectivity index (χ1) is 16.7. The molecule has 10 heteroatoms. The Kier molecular flexibility index (Phi) is 4.86. The molecular formula is C25H27F2N7O. The molecule has 1 atom stereocenters. The topological polar surface area (TPSA) is 81.3 Å². The number of methoxy groups -OCH3 is 1. The molecule has 4 aromatic heterocycles. The van der Waals surface area contributed by atoms with E-state index in [2.05, 4.69) is 44.2 Å². The van der Waals surface area contributed by atoms with E-state index in [9.17, 15) is 8.78 Å². The smallest absolute Gasteiger partial charge is 0.281 e. The van der Waals surface area contributed by atoms with Crippen molar-refractivity contribution in [3.8, 4) is 28.3 Å². The minimum atomic E-state index is -2.83. The molecule has 1 unspecified atom stereocenters. The zero-order chi connectivity index (χ0) is 24.4. The second-order valence-electron chi connectivity index (χ2n) is 10.1. The van der Waals surface area contributed by atoms with E-state index in [0.29, 0.717) is 17.2 Å². The first-order valence-corrected chi connectivity index (χ1v) is 11.7. The number of hydrogen-bond acceptors (Lipinski definition) is 6.